The molecule has 0 aliphatic heterocycles. The first-order chi connectivity index (χ1) is 8.20. The minimum absolute atomic E-state index is 0.274. The third kappa shape index (κ3) is 3.29. The van der Waals surface area contributed by atoms with Crippen LogP contribution >= 0.6 is 11.3 Å². The second-order valence-electron chi connectivity index (χ2n) is 5.54. The van der Waals surface area contributed by atoms with Crippen LogP contribution in [-0.4, -0.2) is 16.7 Å². The van der Waals surface area contributed by atoms with Crippen molar-refractivity contribution in [2.75, 3.05) is 6.61 Å². The average molecular weight is 253 g/mol. The van der Waals surface area contributed by atoms with E-state index in [1.165, 1.54) is 36.4 Å². The van der Waals surface area contributed by atoms with Crippen molar-refractivity contribution >= 4 is 11.3 Å². The van der Waals surface area contributed by atoms with Gasteiger partial charge in [-0.25, -0.2) is 4.98 Å². The molecule has 0 spiro atoms. The number of aliphatic hydroxyl groups is 1. The Morgan fingerprint density at radius 2 is 2.12 bits per heavy atom. The van der Waals surface area contributed by atoms with Crippen molar-refractivity contribution in [3.05, 3.63) is 16.1 Å². The van der Waals surface area contributed by atoms with Crippen LogP contribution in [0.1, 0.15) is 56.2 Å². The smallest absolute Gasteiger partial charge is 0.0932 e. The fourth-order valence-corrected chi connectivity index (χ4v) is 3.53. The van der Waals surface area contributed by atoms with Crippen LogP contribution in [0.5, 0.6) is 0 Å². The molecule has 0 bridgehead atoms. The predicted molar refractivity (Wildman–Crippen MR) is 72.4 cm³/mol. The third-order valence-electron chi connectivity index (χ3n) is 3.96. The molecule has 1 N–H and O–H groups in total. The van der Waals surface area contributed by atoms with Crippen LogP contribution in [0.3, 0.4) is 0 Å². The maximum absolute atomic E-state index is 9.35. The molecule has 0 saturated heterocycles. The highest BCUT2D eigenvalue weighted by atomic mass is 32.1. The Bertz CT molecular complexity index is 342. The number of thiazole rings is 1. The summed E-state index contributed by atoms with van der Waals surface area (Å²) in [6, 6.07) is 0. The maximum atomic E-state index is 9.35. The highest BCUT2D eigenvalue weighted by Gasteiger charge is 2.21. The van der Waals surface area contributed by atoms with Gasteiger partial charge in [0.2, 0.25) is 0 Å². The molecule has 2 nitrogen and oxygen atoms in total. The first-order valence-corrected chi connectivity index (χ1v) is 7.63. The van der Waals surface area contributed by atoms with Crippen LogP contribution in [0.15, 0.2) is 5.38 Å². The monoisotopic (exact) mass is 253 g/mol. The Labute approximate surface area is 108 Å². The van der Waals surface area contributed by atoms with Gasteiger partial charge in [-0.1, -0.05) is 26.7 Å². The lowest BCUT2D eigenvalue weighted by Gasteiger charge is -2.16. The van der Waals surface area contributed by atoms with Gasteiger partial charge in [0.1, 0.15) is 0 Å². The molecule has 1 aromatic heterocycles. The van der Waals surface area contributed by atoms with E-state index < -0.39 is 0 Å². The molecule has 1 unspecified atom stereocenters. The summed E-state index contributed by atoms with van der Waals surface area (Å²) in [6.07, 6.45) is 6.30. The number of rotatable bonds is 5. The van der Waals surface area contributed by atoms with Crippen molar-refractivity contribution in [3.8, 4) is 0 Å². The van der Waals surface area contributed by atoms with Gasteiger partial charge in [-0.15, -0.1) is 11.3 Å². The zero-order chi connectivity index (χ0) is 12.3. The highest BCUT2D eigenvalue weighted by Crippen LogP contribution is 2.34. The lowest BCUT2D eigenvalue weighted by Crippen LogP contribution is -2.16. The summed E-state index contributed by atoms with van der Waals surface area (Å²) < 4.78 is 0. The summed E-state index contributed by atoms with van der Waals surface area (Å²) in [5.74, 6) is 1.60. The number of aliphatic hydroxyl groups excluding tert-OH is 1. The number of hydrogen-bond donors (Lipinski definition) is 1. The molecule has 1 heterocycles. The zero-order valence-electron chi connectivity index (χ0n) is 10.9. The van der Waals surface area contributed by atoms with Crippen molar-refractivity contribution in [1.82, 2.24) is 4.98 Å². The number of nitrogens with zero attached hydrogens (tertiary/aromatic N) is 1. The molecule has 3 heteroatoms. The Morgan fingerprint density at radius 1 is 1.41 bits per heavy atom. The molecule has 17 heavy (non-hydrogen) atoms. The topological polar surface area (TPSA) is 33.1 Å². The van der Waals surface area contributed by atoms with E-state index in [0.717, 1.165) is 6.42 Å². The van der Waals surface area contributed by atoms with Crippen molar-refractivity contribution < 1.29 is 5.11 Å². The molecule has 0 radical (unpaired) electrons. The van der Waals surface area contributed by atoms with Crippen LogP contribution in [0, 0.1) is 11.8 Å². The lowest BCUT2D eigenvalue weighted by atomic mass is 9.94. The van der Waals surface area contributed by atoms with Crippen LogP contribution < -0.4 is 0 Å². The van der Waals surface area contributed by atoms with Crippen molar-refractivity contribution in [3.63, 3.8) is 0 Å². The van der Waals surface area contributed by atoms with Gasteiger partial charge in [0, 0.05) is 24.3 Å². The fraction of sp³-hybridized carbons (Fsp3) is 0.786. The summed E-state index contributed by atoms with van der Waals surface area (Å²) in [5, 5.41) is 12.8. The molecule has 0 aromatic carbocycles. The number of hydrogen-bond acceptors (Lipinski definition) is 3. The molecule has 1 atom stereocenters. The molecule has 0 amide bonds. The van der Waals surface area contributed by atoms with Gasteiger partial charge in [0.05, 0.1) is 10.7 Å². The molecule has 1 aromatic rings. The largest absolute Gasteiger partial charge is 0.396 e. The van der Waals surface area contributed by atoms with Gasteiger partial charge >= 0.3 is 0 Å². The Morgan fingerprint density at radius 3 is 2.71 bits per heavy atom. The van der Waals surface area contributed by atoms with Crippen LogP contribution in [0.2, 0.25) is 0 Å². The van der Waals surface area contributed by atoms with Crippen molar-refractivity contribution in [2.45, 2.75) is 51.9 Å². The molecule has 1 saturated carbocycles. The van der Waals surface area contributed by atoms with E-state index in [4.69, 9.17) is 4.98 Å². The van der Waals surface area contributed by atoms with E-state index in [1.54, 1.807) is 11.3 Å². The van der Waals surface area contributed by atoms with E-state index in [0.29, 0.717) is 17.8 Å². The Balaban J connectivity index is 1.97. The predicted octanol–water partition coefficient (Wildman–Crippen LogP) is 3.61. The SMILES string of the molecule is CC(C)C(CO)Cc1nc(C2CCCC2)cs1. The van der Waals surface area contributed by atoms with E-state index in [1.807, 2.05) is 0 Å². The summed E-state index contributed by atoms with van der Waals surface area (Å²) in [7, 11) is 0. The van der Waals surface area contributed by atoms with Gasteiger partial charge in [0.25, 0.3) is 0 Å². The fourth-order valence-electron chi connectivity index (χ4n) is 2.56. The molecular formula is C14H23NOS. The van der Waals surface area contributed by atoms with Gasteiger partial charge < -0.3 is 5.11 Å². The van der Waals surface area contributed by atoms with Crippen LogP contribution in [0.4, 0.5) is 0 Å². The summed E-state index contributed by atoms with van der Waals surface area (Å²) in [6.45, 7) is 4.62. The molecular weight excluding hydrogens is 230 g/mol. The van der Waals surface area contributed by atoms with Gasteiger partial charge in [0.15, 0.2) is 0 Å². The van der Waals surface area contributed by atoms with Gasteiger partial charge in [-0.2, -0.15) is 0 Å². The zero-order valence-corrected chi connectivity index (χ0v) is 11.7. The summed E-state index contributed by atoms with van der Waals surface area (Å²) in [5.41, 5.74) is 1.31. The van der Waals surface area contributed by atoms with E-state index >= 15 is 0 Å². The third-order valence-corrected chi connectivity index (χ3v) is 4.85. The Hall–Kier alpha value is -0.410. The first kappa shape index (κ1) is 13.0. The molecule has 1 aliphatic rings. The lowest BCUT2D eigenvalue weighted by molar-refractivity contribution is 0.189. The minimum atomic E-state index is 0.274. The van der Waals surface area contributed by atoms with Gasteiger partial charge in [-0.05, 0) is 24.7 Å². The van der Waals surface area contributed by atoms with Gasteiger partial charge in [-0.3, -0.25) is 0 Å². The average Bonchev–Trinajstić information content (AvgIpc) is 2.95. The second kappa shape index (κ2) is 5.96. The van der Waals surface area contributed by atoms with E-state index in [-0.39, 0.29) is 6.61 Å². The van der Waals surface area contributed by atoms with Crippen LogP contribution in [0.25, 0.3) is 0 Å². The normalized spacial score (nSPS) is 19.1. The number of aromatic nitrogens is 1. The quantitative estimate of drug-likeness (QED) is 0.869. The standard InChI is InChI=1S/C14H23NOS/c1-10(2)12(8-16)7-14-15-13(9-17-14)11-5-3-4-6-11/h9-12,16H,3-8H2,1-2H3. The Kier molecular flexibility index (Phi) is 4.57. The molecule has 1 aliphatic carbocycles. The maximum Gasteiger partial charge on any atom is 0.0932 e. The van der Waals surface area contributed by atoms with E-state index in [2.05, 4.69) is 19.2 Å². The summed E-state index contributed by atoms with van der Waals surface area (Å²) >= 11 is 1.78. The summed E-state index contributed by atoms with van der Waals surface area (Å²) in [4.78, 5) is 4.77. The molecule has 1 fully saturated rings. The molecule has 2 rings (SSSR count). The second-order valence-corrected chi connectivity index (χ2v) is 6.48. The van der Waals surface area contributed by atoms with E-state index in [9.17, 15) is 5.11 Å². The van der Waals surface area contributed by atoms with Crippen molar-refractivity contribution in [2.24, 2.45) is 11.8 Å². The highest BCUT2D eigenvalue weighted by molar-refractivity contribution is 7.09. The van der Waals surface area contributed by atoms with Crippen molar-refractivity contribution in [1.29, 1.82) is 0 Å². The first-order valence-electron chi connectivity index (χ1n) is 6.76. The minimum Gasteiger partial charge on any atom is -0.396 e. The van der Waals surface area contributed by atoms with Crippen LogP contribution in [-0.2, 0) is 6.42 Å². The molecule has 96 valence electrons.